The zero-order chi connectivity index (χ0) is 20.3. The normalized spacial score (nSPS) is 14.5. The van der Waals surface area contributed by atoms with E-state index in [0.29, 0.717) is 5.69 Å². The molecule has 0 unspecified atom stereocenters. The van der Waals surface area contributed by atoms with Gasteiger partial charge in [-0.3, -0.25) is 4.72 Å². The highest BCUT2D eigenvalue weighted by atomic mass is 32.2. The number of rotatable bonds is 6. The minimum Gasteiger partial charge on any atom is -0.478 e. The van der Waals surface area contributed by atoms with Crippen LogP contribution in [0.25, 0.3) is 0 Å². The Balaban J connectivity index is 1.91. The Bertz CT molecular complexity index is 1020. The highest BCUT2D eigenvalue weighted by Crippen LogP contribution is 2.28. The molecule has 0 atom stereocenters. The van der Waals surface area contributed by atoms with Crippen molar-refractivity contribution in [1.82, 2.24) is 0 Å². The van der Waals surface area contributed by atoms with E-state index in [1.807, 2.05) is 4.90 Å². The molecule has 2 aromatic rings. The third kappa shape index (κ3) is 4.39. The second kappa shape index (κ2) is 8.11. The molecule has 1 aliphatic heterocycles. The van der Waals surface area contributed by atoms with Crippen molar-refractivity contribution in [3.8, 4) is 0 Å². The first-order valence-electron chi connectivity index (χ1n) is 8.34. The molecule has 28 heavy (non-hydrogen) atoms. The van der Waals surface area contributed by atoms with Gasteiger partial charge in [0, 0.05) is 30.3 Å². The Morgan fingerprint density at radius 3 is 2.36 bits per heavy atom. The summed E-state index contributed by atoms with van der Waals surface area (Å²) in [5.41, 5.74) is 0.482. The van der Waals surface area contributed by atoms with Gasteiger partial charge in [0.1, 0.15) is 0 Å². The monoisotopic (exact) mass is 422 g/mol. The van der Waals surface area contributed by atoms with Crippen LogP contribution in [0.5, 0.6) is 0 Å². The summed E-state index contributed by atoms with van der Waals surface area (Å²) in [6.07, 6.45) is 0. The molecule has 0 saturated carbocycles. The molecule has 3 N–H and O–H groups in total. The number of hydrogen-bond donors (Lipinski definition) is 3. The second-order valence-electron chi connectivity index (χ2n) is 6.07. The fraction of sp³-hybridized carbons (Fsp3) is 0.222. The third-order valence-electron chi connectivity index (χ3n) is 4.22. The van der Waals surface area contributed by atoms with Crippen LogP contribution in [0.15, 0.2) is 47.4 Å². The number of carboxylic acid groups (broad SMARTS) is 2. The van der Waals surface area contributed by atoms with Crippen molar-refractivity contribution >= 4 is 45.1 Å². The van der Waals surface area contributed by atoms with Crippen LogP contribution in [-0.4, -0.2) is 55.2 Å². The van der Waals surface area contributed by atoms with Crippen LogP contribution < -0.4 is 9.62 Å². The molecule has 8 nitrogen and oxygen atoms in total. The van der Waals surface area contributed by atoms with Crippen molar-refractivity contribution in [3.63, 3.8) is 0 Å². The lowest BCUT2D eigenvalue weighted by molar-refractivity contribution is 0.0686. The van der Waals surface area contributed by atoms with E-state index in [4.69, 9.17) is 5.11 Å². The zero-order valence-electron chi connectivity index (χ0n) is 14.7. The number of sulfonamides is 1. The van der Waals surface area contributed by atoms with Gasteiger partial charge in [0.25, 0.3) is 10.0 Å². The van der Waals surface area contributed by atoms with E-state index in [0.717, 1.165) is 30.7 Å². The largest absolute Gasteiger partial charge is 0.478 e. The molecule has 2 aromatic carbocycles. The number of thioether (sulfide) groups is 1. The SMILES string of the molecule is O=C(O)c1cccc(S(=O)(=O)Nc2ccc(N3CCSCC3)c(C(=O)O)c2)c1. The minimum absolute atomic E-state index is 0.00591. The van der Waals surface area contributed by atoms with Crippen molar-refractivity contribution in [3.05, 3.63) is 53.6 Å². The number of carbonyl (C=O) groups is 2. The maximum Gasteiger partial charge on any atom is 0.337 e. The molecule has 1 saturated heterocycles. The molecular weight excluding hydrogens is 404 g/mol. The summed E-state index contributed by atoms with van der Waals surface area (Å²) in [7, 11) is -4.07. The molecule has 1 aliphatic rings. The fourth-order valence-corrected chi connectivity index (χ4v) is 4.86. The molecule has 0 amide bonds. The lowest BCUT2D eigenvalue weighted by Crippen LogP contribution is -2.33. The molecule has 10 heteroatoms. The first kappa shape index (κ1) is 20.0. The van der Waals surface area contributed by atoms with Crippen molar-refractivity contribution in [2.45, 2.75) is 4.90 Å². The van der Waals surface area contributed by atoms with E-state index >= 15 is 0 Å². The molecule has 0 aromatic heterocycles. The van der Waals surface area contributed by atoms with Gasteiger partial charge in [-0.1, -0.05) is 6.07 Å². The van der Waals surface area contributed by atoms with Gasteiger partial charge in [-0.05, 0) is 36.4 Å². The second-order valence-corrected chi connectivity index (χ2v) is 8.98. The Morgan fingerprint density at radius 2 is 1.71 bits per heavy atom. The topological polar surface area (TPSA) is 124 Å². The Kier molecular flexibility index (Phi) is 5.80. The first-order chi connectivity index (χ1) is 13.3. The number of carboxylic acids is 2. The summed E-state index contributed by atoms with van der Waals surface area (Å²) in [6.45, 7) is 1.44. The smallest absolute Gasteiger partial charge is 0.337 e. The Hall–Kier alpha value is -2.72. The third-order valence-corrected chi connectivity index (χ3v) is 6.54. The molecule has 0 radical (unpaired) electrons. The fourth-order valence-electron chi connectivity index (χ4n) is 2.86. The molecule has 148 valence electrons. The summed E-state index contributed by atoms with van der Waals surface area (Å²) in [5, 5.41) is 18.6. The number of nitrogens with zero attached hydrogens (tertiary/aromatic N) is 1. The molecule has 3 rings (SSSR count). The number of nitrogens with one attached hydrogen (secondary N) is 1. The van der Waals surface area contributed by atoms with Crippen LogP contribution in [0.2, 0.25) is 0 Å². The predicted octanol–water partition coefficient (Wildman–Crippen LogP) is 2.44. The lowest BCUT2D eigenvalue weighted by Gasteiger charge is -2.29. The molecular formula is C18H18N2O6S2. The molecule has 1 fully saturated rings. The van der Waals surface area contributed by atoms with Crippen LogP contribution >= 0.6 is 11.8 Å². The van der Waals surface area contributed by atoms with Gasteiger partial charge in [-0.25, -0.2) is 18.0 Å². The van der Waals surface area contributed by atoms with Crippen LogP contribution in [0.4, 0.5) is 11.4 Å². The van der Waals surface area contributed by atoms with Crippen molar-refractivity contribution < 1.29 is 28.2 Å². The van der Waals surface area contributed by atoms with Gasteiger partial charge in [0.05, 0.1) is 21.7 Å². The minimum atomic E-state index is -4.07. The van der Waals surface area contributed by atoms with Crippen molar-refractivity contribution in [2.75, 3.05) is 34.2 Å². The van der Waals surface area contributed by atoms with Gasteiger partial charge in [-0.2, -0.15) is 11.8 Å². The van der Waals surface area contributed by atoms with E-state index in [9.17, 15) is 23.1 Å². The Morgan fingerprint density at radius 1 is 1.00 bits per heavy atom. The van der Waals surface area contributed by atoms with E-state index in [1.165, 1.54) is 30.3 Å². The summed E-state index contributed by atoms with van der Waals surface area (Å²) in [6, 6.07) is 9.30. The Labute approximate surface area is 166 Å². The first-order valence-corrected chi connectivity index (χ1v) is 11.0. The van der Waals surface area contributed by atoms with Crippen LogP contribution in [0.1, 0.15) is 20.7 Å². The highest BCUT2D eigenvalue weighted by Gasteiger charge is 2.21. The quantitative estimate of drug-likeness (QED) is 0.648. The van der Waals surface area contributed by atoms with Gasteiger partial charge in [0.2, 0.25) is 0 Å². The van der Waals surface area contributed by atoms with Crippen LogP contribution in [-0.2, 0) is 10.0 Å². The molecule has 0 aliphatic carbocycles. The van der Waals surface area contributed by atoms with E-state index in [1.54, 1.807) is 17.8 Å². The zero-order valence-corrected chi connectivity index (χ0v) is 16.3. The van der Waals surface area contributed by atoms with Crippen LogP contribution in [0, 0.1) is 0 Å². The summed E-state index contributed by atoms with van der Waals surface area (Å²) in [5.74, 6) is -0.600. The van der Waals surface area contributed by atoms with Crippen molar-refractivity contribution in [1.29, 1.82) is 0 Å². The average Bonchev–Trinajstić information content (AvgIpc) is 2.68. The highest BCUT2D eigenvalue weighted by molar-refractivity contribution is 7.99. The number of anilines is 2. The van der Waals surface area contributed by atoms with E-state index in [2.05, 4.69) is 4.72 Å². The van der Waals surface area contributed by atoms with Crippen molar-refractivity contribution in [2.24, 2.45) is 0 Å². The summed E-state index contributed by atoms with van der Waals surface area (Å²) in [4.78, 5) is 24.5. The van der Waals surface area contributed by atoms with Crippen LogP contribution in [0.3, 0.4) is 0 Å². The maximum absolute atomic E-state index is 12.6. The average molecular weight is 422 g/mol. The van der Waals surface area contributed by atoms with Gasteiger partial charge < -0.3 is 15.1 Å². The van der Waals surface area contributed by atoms with Gasteiger partial charge in [-0.15, -0.1) is 0 Å². The predicted molar refractivity (Wildman–Crippen MR) is 107 cm³/mol. The maximum atomic E-state index is 12.6. The number of aromatic carboxylic acids is 2. The number of benzene rings is 2. The summed E-state index contributed by atoms with van der Waals surface area (Å²) < 4.78 is 27.5. The summed E-state index contributed by atoms with van der Waals surface area (Å²) >= 11 is 1.80. The van der Waals surface area contributed by atoms with E-state index < -0.39 is 22.0 Å². The standard InChI is InChI=1S/C18H18N2O6S2/c21-17(22)12-2-1-3-14(10-12)28(25,26)19-13-4-5-16(15(11-13)18(23)24)20-6-8-27-9-7-20/h1-5,10-11,19H,6-9H2,(H,21,22)(H,23,24). The lowest BCUT2D eigenvalue weighted by atomic mass is 10.1. The van der Waals surface area contributed by atoms with Gasteiger partial charge >= 0.3 is 11.9 Å². The van der Waals surface area contributed by atoms with E-state index in [-0.39, 0.29) is 21.7 Å². The van der Waals surface area contributed by atoms with Gasteiger partial charge in [0.15, 0.2) is 0 Å². The molecule has 0 bridgehead atoms. The molecule has 1 heterocycles. The number of hydrogen-bond acceptors (Lipinski definition) is 6. The molecule has 0 spiro atoms.